The van der Waals surface area contributed by atoms with Crippen molar-refractivity contribution in [3.05, 3.63) is 41.8 Å². The van der Waals surface area contributed by atoms with Crippen molar-refractivity contribution in [1.29, 1.82) is 0 Å². The number of benzene rings is 1. The van der Waals surface area contributed by atoms with Crippen LogP contribution in [0.4, 0.5) is 0 Å². The SMILES string of the molecule is C=CS(=O)(=O)/N=C1\CCCN2C(=O)COc3ccccc3C3CCC(CC3)OC[C@@H]12. The number of rotatable bonds is 2. The fourth-order valence-corrected chi connectivity index (χ4v) is 5.28. The molecule has 8 heteroatoms. The Bertz CT molecular complexity index is 935. The fourth-order valence-electron chi connectivity index (χ4n) is 4.66. The molecule has 1 saturated carbocycles. The van der Waals surface area contributed by atoms with Crippen molar-refractivity contribution in [2.75, 3.05) is 19.8 Å². The lowest BCUT2D eigenvalue weighted by atomic mass is 9.82. The number of nitrogens with zero attached hydrogens (tertiary/aromatic N) is 2. The lowest BCUT2D eigenvalue weighted by molar-refractivity contribution is -0.136. The summed E-state index contributed by atoms with van der Waals surface area (Å²) < 4.78 is 40.2. The number of fused-ring (bicyclic) bond motifs is 5. The number of sulfonamides is 1. The molecule has 162 valence electrons. The molecule has 3 heterocycles. The van der Waals surface area contributed by atoms with E-state index in [1.165, 1.54) is 0 Å². The first-order valence-corrected chi connectivity index (χ1v) is 12.1. The summed E-state index contributed by atoms with van der Waals surface area (Å²) in [6.45, 7) is 4.02. The van der Waals surface area contributed by atoms with Crippen LogP contribution < -0.4 is 4.74 Å². The average Bonchev–Trinajstić information content (AvgIpc) is 2.78. The van der Waals surface area contributed by atoms with Gasteiger partial charge < -0.3 is 14.4 Å². The van der Waals surface area contributed by atoms with Gasteiger partial charge in [-0.2, -0.15) is 12.8 Å². The third kappa shape index (κ3) is 4.59. The molecule has 0 aromatic heterocycles. The highest BCUT2D eigenvalue weighted by molar-refractivity contribution is 7.93. The van der Waals surface area contributed by atoms with E-state index in [9.17, 15) is 13.2 Å². The summed E-state index contributed by atoms with van der Waals surface area (Å²) in [4.78, 5) is 14.7. The van der Waals surface area contributed by atoms with Gasteiger partial charge >= 0.3 is 0 Å². The van der Waals surface area contributed by atoms with Gasteiger partial charge in [-0.25, -0.2) is 0 Å². The summed E-state index contributed by atoms with van der Waals surface area (Å²) in [7, 11) is -3.77. The average molecular weight is 433 g/mol. The highest BCUT2D eigenvalue weighted by atomic mass is 32.2. The number of hydrogen-bond donors (Lipinski definition) is 0. The molecule has 0 N–H and O–H groups in total. The minimum Gasteiger partial charge on any atom is -0.483 e. The van der Waals surface area contributed by atoms with Crippen LogP contribution >= 0.6 is 0 Å². The van der Waals surface area contributed by atoms with Crippen LogP contribution in [0.3, 0.4) is 0 Å². The van der Waals surface area contributed by atoms with E-state index in [1.807, 2.05) is 18.2 Å². The number of para-hydroxylation sites is 1. The van der Waals surface area contributed by atoms with Gasteiger partial charge in [-0.15, -0.1) is 0 Å². The van der Waals surface area contributed by atoms with Crippen molar-refractivity contribution in [3.63, 3.8) is 0 Å². The van der Waals surface area contributed by atoms with Crippen molar-refractivity contribution >= 4 is 21.6 Å². The van der Waals surface area contributed by atoms with Gasteiger partial charge in [-0.05, 0) is 56.1 Å². The molecule has 2 bridgehead atoms. The van der Waals surface area contributed by atoms with Crippen molar-refractivity contribution in [2.24, 2.45) is 4.40 Å². The lowest BCUT2D eigenvalue weighted by Crippen LogP contribution is -2.53. The van der Waals surface area contributed by atoms with Gasteiger partial charge in [-0.1, -0.05) is 24.8 Å². The summed E-state index contributed by atoms with van der Waals surface area (Å²) in [5.41, 5.74) is 1.61. The third-order valence-electron chi connectivity index (χ3n) is 6.24. The van der Waals surface area contributed by atoms with Crippen LogP contribution in [0.25, 0.3) is 0 Å². The zero-order valence-corrected chi connectivity index (χ0v) is 17.9. The second-order valence-electron chi connectivity index (χ2n) is 8.10. The zero-order chi connectivity index (χ0) is 21.1. The smallest absolute Gasteiger partial charge is 0.274 e. The highest BCUT2D eigenvalue weighted by Crippen LogP contribution is 2.38. The monoisotopic (exact) mass is 432 g/mol. The van der Waals surface area contributed by atoms with Gasteiger partial charge in [0.05, 0.1) is 24.5 Å². The van der Waals surface area contributed by atoms with E-state index < -0.39 is 16.1 Å². The largest absolute Gasteiger partial charge is 0.483 e. The maximum Gasteiger partial charge on any atom is 0.274 e. The van der Waals surface area contributed by atoms with Crippen LogP contribution in [0.15, 0.2) is 40.7 Å². The molecule has 1 atom stereocenters. The predicted molar refractivity (Wildman–Crippen MR) is 114 cm³/mol. The summed E-state index contributed by atoms with van der Waals surface area (Å²) >= 11 is 0. The summed E-state index contributed by atoms with van der Waals surface area (Å²) in [6, 6.07) is 7.43. The molecule has 1 amide bonds. The van der Waals surface area contributed by atoms with Gasteiger partial charge in [-0.3, -0.25) is 4.79 Å². The van der Waals surface area contributed by atoms with E-state index >= 15 is 0 Å². The van der Waals surface area contributed by atoms with Crippen LogP contribution in [-0.2, 0) is 19.6 Å². The van der Waals surface area contributed by atoms with Crippen LogP contribution in [0.1, 0.15) is 50.0 Å². The predicted octanol–water partition coefficient (Wildman–Crippen LogP) is 3.03. The number of amides is 1. The third-order valence-corrected chi connectivity index (χ3v) is 7.15. The molecular weight excluding hydrogens is 404 g/mol. The quantitative estimate of drug-likeness (QED) is 0.717. The Balaban J connectivity index is 1.66. The van der Waals surface area contributed by atoms with Gasteiger partial charge in [0.25, 0.3) is 15.9 Å². The Morgan fingerprint density at radius 2 is 1.93 bits per heavy atom. The van der Waals surface area contributed by atoms with Gasteiger partial charge in [0.2, 0.25) is 0 Å². The molecule has 30 heavy (non-hydrogen) atoms. The number of hydrogen-bond acceptors (Lipinski definition) is 5. The van der Waals surface area contributed by atoms with Gasteiger partial charge in [0.15, 0.2) is 6.61 Å². The number of piperidine rings is 1. The van der Waals surface area contributed by atoms with E-state index in [0.29, 0.717) is 31.0 Å². The van der Waals surface area contributed by atoms with Crippen LogP contribution in [0.2, 0.25) is 0 Å². The molecule has 1 aromatic rings. The minimum absolute atomic E-state index is 0.0921. The molecule has 0 radical (unpaired) electrons. The maximum absolute atomic E-state index is 13.0. The Labute approximate surface area is 177 Å². The van der Waals surface area contributed by atoms with Gasteiger partial charge in [0.1, 0.15) is 5.75 Å². The summed E-state index contributed by atoms with van der Waals surface area (Å²) in [5.74, 6) is 0.967. The van der Waals surface area contributed by atoms with E-state index in [0.717, 1.165) is 42.4 Å². The number of carbonyl (C=O) groups excluding carboxylic acids is 1. The highest BCUT2D eigenvalue weighted by Gasteiger charge is 2.35. The zero-order valence-electron chi connectivity index (χ0n) is 17.0. The first-order valence-electron chi connectivity index (χ1n) is 10.6. The van der Waals surface area contributed by atoms with Gasteiger partial charge in [0, 0.05) is 12.0 Å². The maximum atomic E-state index is 13.0. The second-order valence-corrected chi connectivity index (χ2v) is 9.65. The van der Waals surface area contributed by atoms with Crippen molar-refractivity contribution < 1.29 is 22.7 Å². The topological polar surface area (TPSA) is 85.3 Å². The molecule has 3 aliphatic heterocycles. The number of carbonyl (C=O) groups is 1. The lowest BCUT2D eigenvalue weighted by Gasteiger charge is -2.37. The first kappa shape index (κ1) is 21.1. The molecule has 0 unspecified atom stereocenters. The summed E-state index contributed by atoms with van der Waals surface area (Å²) in [5, 5.41) is 0.836. The first-order chi connectivity index (χ1) is 14.5. The van der Waals surface area contributed by atoms with Crippen molar-refractivity contribution in [2.45, 2.75) is 56.6 Å². The van der Waals surface area contributed by atoms with E-state index in [2.05, 4.69) is 17.0 Å². The molecule has 1 saturated heterocycles. The minimum atomic E-state index is -3.77. The van der Waals surface area contributed by atoms with Crippen molar-refractivity contribution in [3.8, 4) is 5.75 Å². The molecule has 4 aliphatic rings. The van der Waals surface area contributed by atoms with Crippen LogP contribution in [-0.4, -0.2) is 56.8 Å². The molecule has 5 rings (SSSR count). The van der Waals surface area contributed by atoms with E-state index in [-0.39, 0.29) is 25.2 Å². The van der Waals surface area contributed by atoms with Crippen LogP contribution in [0.5, 0.6) is 5.75 Å². The Morgan fingerprint density at radius 1 is 1.17 bits per heavy atom. The molecule has 1 aliphatic carbocycles. The van der Waals surface area contributed by atoms with Crippen molar-refractivity contribution in [1.82, 2.24) is 4.90 Å². The molecule has 1 aromatic carbocycles. The Morgan fingerprint density at radius 3 is 2.70 bits per heavy atom. The Kier molecular flexibility index (Phi) is 6.24. The molecular formula is C22H28N2O5S. The second kappa shape index (κ2) is 8.89. The molecule has 7 nitrogen and oxygen atoms in total. The standard InChI is InChI=1S/C22H28N2O5S/c1-2-30(26,27)23-19-7-5-13-24-20(19)14-28-17-11-9-16(10-12-17)18-6-3-4-8-21(18)29-15-22(24)25/h2-4,6,8,16-17,20H,1,5,7,9-15H2/b23-19+/t16?,17?,20-/m0/s1. The molecule has 0 spiro atoms. The fraction of sp³-hybridized carbons (Fsp3) is 0.545. The van der Waals surface area contributed by atoms with E-state index in [1.54, 1.807) is 4.90 Å². The van der Waals surface area contributed by atoms with E-state index in [4.69, 9.17) is 9.47 Å². The van der Waals surface area contributed by atoms with Crippen LogP contribution in [0, 0.1) is 0 Å². The Hall–Kier alpha value is -2.19. The molecule has 2 fully saturated rings. The normalized spacial score (nSPS) is 29.1. The summed E-state index contributed by atoms with van der Waals surface area (Å²) in [6.07, 6.45) is 5.12. The number of ether oxygens (including phenoxy) is 2.